The lowest BCUT2D eigenvalue weighted by molar-refractivity contribution is 0.0804. The monoisotopic (exact) mass is 332 g/mol. The van der Waals surface area contributed by atoms with Gasteiger partial charge in [-0.25, -0.2) is 4.98 Å². The molecule has 0 bridgehead atoms. The fourth-order valence-corrected chi connectivity index (χ4v) is 4.29. The molecule has 0 spiro atoms. The van der Waals surface area contributed by atoms with E-state index in [1.807, 2.05) is 0 Å². The highest BCUT2D eigenvalue weighted by molar-refractivity contribution is 9.11. The second-order valence-corrected chi connectivity index (χ2v) is 7.58. The maximum Gasteiger partial charge on any atom is 0.159 e. The molecule has 1 fully saturated rings. The van der Waals surface area contributed by atoms with Crippen LogP contribution in [-0.2, 0) is 11.3 Å². The van der Waals surface area contributed by atoms with E-state index in [0.717, 1.165) is 22.8 Å². The van der Waals surface area contributed by atoms with E-state index >= 15 is 0 Å². The molecule has 1 aliphatic carbocycles. The first-order valence-electron chi connectivity index (χ1n) is 6.51. The van der Waals surface area contributed by atoms with Gasteiger partial charge in [0.15, 0.2) is 3.92 Å². The molecule has 2 rings (SSSR count). The van der Waals surface area contributed by atoms with E-state index in [-0.39, 0.29) is 5.54 Å². The standard InChI is InChI=1S/C13H21BrN2OS/c1-10-11(16-12(14)18-10)8-15-13(9-17-2)6-4-3-5-7-13/h15H,3-9H2,1-2H3. The van der Waals surface area contributed by atoms with Crippen LogP contribution in [0.4, 0.5) is 0 Å². The predicted molar refractivity (Wildman–Crippen MR) is 79.1 cm³/mol. The Hall–Kier alpha value is 0.0300. The topological polar surface area (TPSA) is 34.1 Å². The van der Waals surface area contributed by atoms with Gasteiger partial charge in [-0.1, -0.05) is 19.3 Å². The van der Waals surface area contributed by atoms with E-state index in [1.54, 1.807) is 18.4 Å². The summed E-state index contributed by atoms with van der Waals surface area (Å²) in [5.74, 6) is 0. The molecular formula is C13H21BrN2OS. The summed E-state index contributed by atoms with van der Waals surface area (Å²) in [5.41, 5.74) is 1.32. The molecular weight excluding hydrogens is 312 g/mol. The zero-order valence-electron chi connectivity index (χ0n) is 11.1. The average molecular weight is 333 g/mol. The summed E-state index contributed by atoms with van der Waals surface area (Å²) in [4.78, 5) is 5.81. The number of thiazole rings is 1. The molecule has 0 saturated heterocycles. The summed E-state index contributed by atoms with van der Waals surface area (Å²) in [5, 5.41) is 3.70. The predicted octanol–water partition coefficient (Wildman–Crippen LogP) is 3.65. The summed E-state index contributed by atoms with van der Waals surface area (Å²) < 4.78 is 6.39. The van der Waals surface area contributed by atoms with Crippen LogP contribution in [-0.4, -0.2) is 24.2 Å². The Morgan fingerprint density at radius 2 is 2.11 bits per heavy atom. The van der Waals surface area contributed by atoms with Crippen LogP contribution in [0.5, 0.6) is 0 Å². The van der Waals surface area contributed by atoms with Gasteiger partial charge in [0.05, 0.1) is 12.3 Å². The van der Waals surface area contributed by atoms with Gasteiger partial charge in [0.25, 0.3) is 0 Å². The van der Waals surface area contributed by atoms with Crippen molar-refractivity contribution < 1.29 is 4.74 Å². The molecule has 0 aliphatic heterocycles. The summed E-state index contributed by atoms with van der Waals surface area (Å²) in [6.45, 7) is 3.78. The largest absolute Gasteiger partial charge is 0.383 e. The molecule has 0 aromatic carbocycles. The third-order valence-electron chi connectivity index (χ3n) is 3.73. The van der Waals surface area contributed by atoms with Crippen molar-refractivity contribution in [3.63, 3.8) is 0 Å². The van der Waals surface area contributed by atoms with Crippen LogP contribution < -0.4 is 5.32 Å². The summed E-state index contributed by atoms with van der Waals surface area (Å²) in [6.07, 6.45) is 6.39. The quantitative estimate of drug-likeness (QED) is 0.893. The number of aromatic nitrogens is 1. The molecule has 1 aliphatic rings. The van der Waals surface area contributed by atoms with Gasteiger partial charge in [0, 0.05) is 24.1 Å². The van der Waals surface area contributed by atoms with Gasteiger partial charge in [0.1, 0.15) is 0 Å². The first-order chi connectivity index (χ1) is 8.65. The van der Waals surface area contributed by atoms with Gasteiger partial charge < -0.3 is 10.1 Å². The molecule has 102 valence electrons. The van der Waals surface area contributed by atoms with Crippen LogP contribution in [0.1, 0.15) is 42.7 Å². The van der Waals surface area contributed by atoms with E-state index < -0.39 is 0 Å². The maximum absolute atomic E-state index is 5.42. The van der Waals surface area contributed by atoms with Crippen molar-refractivity contribution in [2.24, 2.45) is 0 Å². The van der Waals surface area contributed by atoms with Gasteiger partial charge in [-0.2, -0.15) is 0 Å². The van der Waals surface area contributed by atoms with E-state index in [4.69, 9.17) is 4.74 Å². The zero-order valence-corrected chi connectivity index (χ0v) is 13.5. The van der Waals surface area contributed by atoms with Crippen molar-refractivity contribution in [2.75, 3.05) is 13.7 Å². The van der Waals surface area contributed by atoms with Crippen LogP contribution in [0.2, 0.25) is 0 Å². The zero-order chi connectivity index (χ0) is 13.0. The third kappa shape index (κ3) is 3.53. The van der Waals surface area contributed by atoms with E-state index in [2.05, 4.69) is 33.2 Å². The molecule has 0 amide bonds. The molecule has 1 saturated carbocycles. The lowest BCUT2D eigenvalue weighted by atomic mass is 9.82. The second-order valence-electron chi connectivity index (χ2n) is 5.10. The van der Waals surface area contributed by atoms with Crippen molar-refractivity contribution in [3.05, 3.63) is 14.5 Å². The lowest BCUT2D eigenvalue weighted by Crippen LogP contribution is -2.50. The number of halogens is 1. The maximum atomic E-state index is 5.42. The number of nitrogens with one attached hydrogen (secondary N) is 1. The average Bonchev–Trinajstić information content (AvgIpc) is 2.67. The van der Waals surface area contributed by atoms with Gasteiger partial charge in [-0.15, -0.1) is 11.3 Å². The Morgan fingerprint density at radius 3 is 2.67 bits per heavy atom. The first kappa shape index (κ1) is 14.4. The number of ether oxygens (including phenoxy) is 1. The minimum atomic E-state index is 0.162. The number of hydrogen-bond acceptors (Lipinski definition) is 4. The van der Waals surface area contributed by atoms with Crippen LogP contribution in [0.3, 0.4) is 0 Å². The molecule has 0 unspecified atom stereocenters. The lowest BCUT2D eigenvalue weighted by Gasteiger charge is -2.37. The smallest absolute Gasteiger partial charge is 0.159 e. The fourth-order valence-electron chi connectivity index (χ4n) is 2.71. The Balaban J connectivity index is 1.99. The molecule has 1 aromatic heterocycles. The molecule has 0 radical (unpaired) electrons. The number of methoxy groups -OCH3 is 1. The summed E-state index contributed by atoms with van der Waals surface area (Å²) in [7, 11) is 1.79. The molecule has 0 atom stereocenters. The van der Waals surface area contributed by atoms with Gasteiger partial charge >= 0.3 is 0 Å². The fraction of sp³-hybridized carbons (Fsp3) is 0.769. The van der Waals surface area contributed by atoms with E-state index in [0.29, 0.717) is 0 Å². The highest BCUT2D eigenvalue weighted by Gasteiger charge is 2.31. The minimum absolute atomic E-state index is 0.162. The van der Waals surface area contributed by atoms with Crippen molar-refractivity contribution in [1.82, 2.24) is 10.3 Å². The van der Waals surface area contributed by atoms with Gasteiger partial charge in [-0.05, 0) is 35.7 Å². The van der Waals surface area contributed by atoms with Crippen LogP contribution in [0, 0.1) is 6.92 Å². The third-order valence-corrected chi connectivity index (χ3v) is 5.19. The number of rotatable bonds is 5. The Labute approximate surface area is 121 Å². The first-order valence-corrected chi connectivity index (χ1v) is 8.12. The minimum Gasteiger partial charge on any atom is -0.383 e. The molecule has 1 heterocycles. The molecule has 18 heavy (non-hydrogen) atoms. The SMILES string of the molecule is COCC1(NCc2nc(Br)sc2C)CCCCC1. The van der Waals surface area contributed by atoms with Crippen LogP contribution in [0.15, 0.2) is 3.92 Å². The molecule has 3 nitrogen and oxygen atoms in total. The molecule has 5 heteroatoms. The highest BCUT2D eigenvalue weighted by atomic mass is 79.9. The van der Waals surface area contributed by atoms with Crippen LogP contribution in [0.25, 0.3) is 0 Å². The number of nitrogens with zero attached hydrogens (tertiary/aromatic N) is 1. The summed E-state index contributed by atoms with van der Waals surface area (Å²) >= 11 is 5.15. The van der Waals surface area contributed by atoms with Gasteiger partial charge in [-0.3, -0.25) is 0 Å². The Kier molecular flexibility index (Phi) is 5.18. The van der Waals surface area contributed by atoms with Crippen molar-refractivity contribution in [3.8, 4) is 0 Å². The van der Waals surface area contributed by atoms with Crippen LogP contribution >= 0.6 is 27.3 Å². The second kappa shape index (κ2) is 6.46. The van der Waals surface area contributed by atoms with Crippen molar-refractivity contribution in [1.29, 1.82) is 0 Å². The van der Waals surface area contributed by atoms with Crippen molar-refractivity contribution in [2.45, 2.75) is 51.1 Å². The molecule has 1 N–H and O–H groups in total. The van der Waals surface area contributed by atoms with Crippen molar-refractivity contribution >= 4 is 27.3 Å². The van der Waals surface area contributed by atoms with E-state index in [1.165, 1.54) is 37.0 Å². The normalized spacial score (nSPS) is 19.1. The Morgan fingerprint density at radius 1 is 1.39 bits per heavy atom. The summed E-state index contributed by atoms with van der Waals surface area (Å²) in [6, 6.07) is 0. The number of hydrogen-bond donors (Lipinski definition) is 1. The number of aryl methyl sites for hydroxylation is 1. The van der Waals surface area contributed by atoms with E-state index in [9.17, 15) is 0 Å². The Bertz CT molecular complexity index is 383. The highest BCUT2D eigenvalue weighted by Crippen LogP contribution is 2.29. The molecule has 1 aromatic rings. The van der Waals surface area contributed by atoms with Gasteiger partial charge in [0.2, 0.25) is 0 Å².